The topological polar surface area (TPSA) is 59.7 Å². The van der Waals surface area contributed by atoms with Crippen LogP contribution >= 0.6 is 0 Å². The van der Waals surface area contributed by atoms with Gasteiger partial charge in [-0.1, -0.05) is 12.2 Å². The van der Waals surface area contributed by atoms with E-state index in [0.717, 1.165) is 5.22 Å². The van der Waals surface area contributed by atoms with Crippen molar-refractivity contribution in [1.29, 1.82) is 0 Å². The third-order valence-electron chi connectivity index (χ3n) is 2.62. The van der Waals surface area contributed by atoms with E-state index in [2.05, 4.69) is 0 Å². The number of fused-ring (bicyclic) bond motifs is 2. The van der Waals surface area contributed by atoms with Gasteiger partial charge in [0.1, 0.15) is 0 Å². The number of aliphatic hydroxyl groups is 1. The summed E-state index contributed by atoms with van der Waals surface area (Å²) in [7, 11) is 0. The summed E-state index contributed by atoms with van der Waals surface area (Å²) in [5.41, 5.74) is 0.388. The molecule has 2 heterocycles. The molecule has 0 saturated carbocycles. The molecule has 0 fully saturated rings. The van der Waals surface area contributed by atoms with Gasteiger partial charge in [0, 0.05) is 17.2 Å². The maximum Gasteiger partial charge on any atom is 0.331 e. The third kappa shape index (κ3) is 1.11. The Morgan fingerprint density at radius 3 is 3.13 bits per heavy atom. The van der Waals surface area contributed by atoms with Crippen LogP contribution in [0.2, 0.25) is 0 Å². The lowest BCUT2D eigenvalue weighted by Crippen LogP contribution is -2.40. The Morgan fingerprint density at radius 2 is 2.27 bits per heavy atom. The van der Waals surface area contributed by atoms with Crippen molar-refractivity contribution < 1.29 is 19.1 Å². The molecule has 0 bridgehead atoms. The van der Waals surface area contributed by atoms with Crippen molar-refractivity contribution >= 4 is 17.8 Å². The van der Waals surface area contributed by atoms with Crippen LogP contribution in [0, 0.1) is 5.92 Å². The molecule has 0 amide bonds. The van der Waals surface area contributed by atoms with Crippen molar-refractivity contribution in [2.24, 2.45) is 5.92 Å². The highest BCUT2D eigenvalue weighted by Gasteiger charge is 2.32. The molecule has 1 aliphatic carbocycles. The molecule has 2 unspecified atom stereocenters. The molecule has 1 N–H and O–H groups in total. The van der Waals surface area contributed by atoms with Gasteiger partial charge in [0.25, 0.3) is 0 Å². The van der Waals surface area contributed by atoms with E-state index in [1.165, 1.54) is 12.3 Å². The lowest BCUT2D eigenvalue weighted by atomic mass is 9.93. The molecule has 3 rings (SSSR count). The van der Waals surface area contributed by atoms with Crippen LogP contribution in [-0.2, 0) is 9.53 Å². The Hall–Kier alpha value is -1.97. The summed E-state index contributed by atoms with van der Waals surface area (Å²) >= 11 is 0. The number of rotatable bonds is 0. The lowest BCUT2D eigenvalue weighted by molar-refractivity contribution is -0.143. The van der Waals surface area contributed by atoms with E-state index in [0.29, 0.717) is 5.42 Å². The summed E-state index contributed by atoms with van der Waals surface area (Å²) < 4.78 is 10.1. The van der Waals surface area contributed by atoms with E-state index in [1.807, 2.05) is 6.08 Å². The van der Waals surface area contributed by atoms with Crippen molar-refractivity contribution in [2.75, 3.05) is 0 Å². The molecule has 2 atom stereocenters. The summed E-state index contributed by atoms with van der Waals surface area (Å²) in [5, 5.41) is 10.7. The second kappa shape index (κ2) is 2.76. The number of hydrogen-bond acceptors (Lipinski definition) is 4. The second-order valence-electron chi connectivity index (χ2n) is 3.55. The molecule has 4 nitrogen and oxygen atoms in total. The number of hydrogen-bond donors (Lipinski definition) is 1. The van der Waals surface area contributed by atoms with Crippen LogP contribution in [0.5, 0.6) is 0 Å². The van der Waals surface area contributed by atoms with Crippen molar-refractivity contribution in [3.05, 3.63) is 35.1 Å². The first-order valence-corrected chi connectivity index (χ1v) is 4.63. The Bertz CT molecular complexity index is 564. The van der Waals surface area contributed by atoms with Crippen LogP contribution in [0.15, 0.2) is 28.9 Å². The molecule has 15 heavy (non-hydrogen) atoms. The lowest BCUT2D eigenvalue weighted by Gasteiger charge is -2.25. The molecule has 2 aliphatic rings. The van der Waals surface area contributed by atoms with E-state index in [-0.39, 0.29) is 11.7 Å². The highest BCUT2D eigenvalue weighted by Crippen LogP contribution is 2.23. The number of aliphatic hydroxyl groups excluding tert-OH is 1. The van der Waals surface area contributed by atoms with E-state index >= 15 is 0 Å². The Balaban J connectivity index is 2.25. The predicted octanol–water partition coefficient (Wildman–Crippen LogP) is -0.162. The van der Waals surface area contributed by atoms with E-state index in [9.17, 15) is 9.90 Å². The van der Waals surface area contributed by atoms with Crippen molar-refractivity contribution in [2.45, 2.75) is 6.10 Å². The maximum absolute atomic E-state index is 11.0. The fraction of sp³-hybridized carbons (Fsp3) is 0.182. The van der Waals surface area contributed by atoms with Crippen molar-refractivity contribution in [3.63, 3.8) is 0 Å². The molecule has 1 aliphatic heterocycles. The van der Waals surface area contributed by atoms with Gasteiger partial charge in [0.05, 0.1) is 6.26 Å². The predicted molar refractivity (Wildman–Crippen MR) is 51.0 cm³/mol. The number of furan rings is 1. The molecular weight excluding hydrogens is 196 g/mol. The minimum absolute atomic E-state index is 0.0137. The molecule has 1 aromatic rings. The minimum atomic E-state index is -0.638. The van der Waals surface area contributed by atoms with Crippen LogP contribution < -0.4 is 10.6 Å². The molecular formula is C11H8O4. The largest absolute Gasteiger partial charge is 0.505 e. The van der Waals surface area contributed by atoms with Crippen molar-refractivity contribution in [3.8, 4) is 0 Å². The average Bonchev–Trinajstić information content (AvgIpc) is 2.68. The number of carbonyl (C=O) groups is 1. The van der Waals surface area contributed by atoms with Crippen molar-refractivity contribution in [1.82, 2.24) is 0 Å². The molecule has 76 valence electrons. The highest BCUT2D eigenvalue weighted by molar-refractivity contribution is 5.84. The first kappa shape index (κ1) is 8.35. The molecule has 0 aromatic carbocycles. The van der Waals surface area contributed by atoms with Crippen LogP contribution in [-0.4, -0.2) is 17.2 Å². The average molecular weight is 204 g/mol. The van der Waals surface area contributed by atoms with E-state index in [4.69, 9.17) is 9.15 Å². The normalized spacial score (nSPS) is 27.7. The van der Waals surface area contributed by atoms with Gasteiger partial charge in [-0.3, -0.25) is 0 Å². The third-order valence-corrected chi connectivity index (χ3v) is 2.62. The van der Waals surface area contributed by atoms with Gasteiger partial charge in [-0.05, 0) is 6.07 Å². The standard InChI is InChI=1S/C11H8O4/c12-8-2-1-6-5-7-3-4-14-10(7)9(13)11(6)15-8/h1-6,11,13H. The van der Waals surface area contributed by atoms with Gasteiger partial charge in [0.2, 0.25) is 0 Å². The SMILES string of the molecule is O=C1C=CC2C=c3ccoc3=C(O)C2O1. The van der Waals surface area contributed by atoms with Gasteiger partial charge in [0.15, 0.2) is 17.3 Å². The second-order valence-corrected chi connectivity index (χ2v) is 3.55. The summed E-state index contributed by atoms with van der Waals surface area (Å²) in [6.07, 6.45) is 5.87. The van der Waals surface area contributed by atoms with Gasteiger partial charge in [-0.15, -0.1) is 0 Å². The minimum Gasteiger partial charge on any atom is -0.505 e. The van der Waals surface area contributed by atoms with Gasteiger partial charge in [-0.2, -0.15) is 0 Å². The van der Waals surface area contributed by atoms with Gasteiger partial charge in [-0.25, -0.2) is 4.79 Å². The number of ether oxygens (including phenoxy) is 1. The Kier molecular flexibility index (Phi) is 1.54. The molecule has 4 heteroatoms. The summed E-state index contributed by atoms with van der Waals surface area (Å²) in [6.45, 7) is 0. The molecule has 0 saturated heterocycles. The van der Waals surface area contributed by atoms with E-state index < -0.39 is 12.1 Å². The fourth-order valence-corrected chi connectivity index (χ4v) is 1.91. The summed E-state index contributed by atoms with van der Waals surface area (Å²) in [6, 6.07) is 1.77. The van der Waals surface area contributed by atoms with Crippen LogP contribution in [0.3, 0.4) is 0 Å². The van der Waals surface area contributed by atoms with E-state index in [1.54, 1.807) is 12.1 Å². The quantitative estimate of drug-likeness (QED) is 0.596. The summed E-state index contributed by atoms with van der Waals surface area (Å²) in [5.74, 6) is -0.556. The first-order chi connectivity index (χ1) is 7.25. The number of esters is 1. The van der Waals surface area contributed by atoms with Gasteiger partial charge >= 0.3 is 5.97 Å². The Labute approximate surface area is 84.8 Å². The first-order valence-electron chi connectivity index (χ1n) is 4.63. The smallest absolute Gasteiger partial charge is 0.331 e. The zero-order valence-corrected chi connectivity index (χ0v) is 7.71. The number of carbonyl (C=O) groups excluding carboxylic acids is 1. The maximum atomic E-state index is 11.0. The zero-order valence-electron chi connectivity index (χ0n) is 7.71. The molecule has 0 spiro atoms. The molecule has 1 aromatic heterocycles. The summed E-state index contributed by atoms with van der Waals surface area (Å²) in [4.78, 5) is 11.0. The fourth-order valence-electron chi connectivity index (χ4n) is 1.91. The Morgan fingerprint density at radius 1 is 1.40 bits per heavy atom. The van der Waals surface area contributed by atoms with Crippen LogP contribution in [0.4, 0.5) is 0 Å². The van der Waals surface area contributed by atoms with Crippen LogP contribution in [0.25, 0.3) is 11.8 Å². The molecule has 0 radical (unpaired) electrons. The van der Waals surface area contributed by atoms with Crippen LogP contribution in [0.1, 0.15) is 0 Å². The zero-order chi connectivity index (χ0) is 10.4. The van der Waals surface area contributed by atoms with Gasteiger partial charge < -0.3 is 14.3 Å². The highest BCUT2D eigenvalue weighted by atomic mass is 16.6. The monoisotopic (exact) mass is 204 g/mol.